The van der Waals surface area contributed by atoms with Crippen molar-refractivity contribution in [2.24, 2.45) is 0 Å². The molecule has 1 heterocycles. The van der Waals surface area contributed by atoms with E-state index in [1.54, 1.807) is 0 Å². The first-order chi connectivity index (χ1) is 8.75. The zero-order valence-corrected chi connectivity index (χ0v) is 11.7. The van der Waals surface area contributed by atoms with E-state index in [0.717, 1.165) is 23.1 Å². The summed E-state index contributed by atoms with van der Waals surface area (Å²) in [4.78, 5) is 11.7. The van der Waals surface area contributed by atoms with E-state index in [-0.39, 0.29) is 12.5 Å². The summed E-state index contributed by atoms with van der Waals surface area (Å²) in [7, 11) is 0. The number of rotatable bonds is 5. The van der Waals surface area contributed by atoms with Crippen molar-refractivity contribution in [2.45, 2.75) is 18.9 Å². The second-order valence-corrected chi connectivity index (χ2v) is 5.19. The molecule has 1 fully saturated rings. The van der Waals surface area contributed by atoms with Gasteiger partial charge in [0, 0.05) is 10.5 Å². The Morgan fingerprint density at radius 2 is 2.33 bits per heavy atom. The van der Waals surface area contributed by atoms with Crippen LogP contribution in [0.2, 0.25) is 0 Å². The van der Waals surface area contributed by atoms with Crippen molar-refractivity contribution in [1.82, 2.24) is 5.32 Å². The van der Waals surface area contributed by atoms with Crippen molar-refractivity contribution < 1.29 is 9.53 Å². The highest BCUT2D eigenvalue weighted by atomic mass is 79.9. The molecule has 1 aliphatic heterocycles. The van der Waals surface area contributed by atoms with E-state index >= 15 is 0 Å². The minimum absolute atomic E-state index is 0.0967. The van der Waals surface area contributed by atoms with Gasteiger partial charge in [-0.15, -0.1) is 0 Å². The third-order valence-corrected chi connectivity index (χ3v) is 3.55. The van der Waals surface area contributed by atoms with Gasteiger partial charge in [0.25, 0.3) is 0 Å². The summed E-state index contributed by atoms with van der Waals surface area (Å²) in [6.07, 6.45) is 2.32. The van der Waals surface area contributed by atoms with Gasteiger partial charge in [0.1, 0.15) is 6.61 Å². The molecule has 0 aromatic heterocycles. The maximum atomic E-state index is 11.7. The average Bonchev–Trinajstić information content (AvgIpc) is 2.85. The van der Waals surface area contributed by atoms with Gasteiger partial charge in [-0.2, -0.15) is 0 Å². The minimum Gasteiger partial charge on any atom is -0.370 e. The Hall–Kier alpha value is -0.910. The third-order valence-electron chi connectivity index (χ3n) is 2.86. The van der Waals surface area contributed by atoms with Gasteiger partial charge in [0.05, 0.1) is 12.3 Å². The normalized spacial score (nSPS) is 18.8. The van der Waals surface area contributed by atoms with Crippen LogP contribution in [0.15, 0.2) is 28.7 Å². The molecule has 98 valence electrons. The second kappa shape index (κ2) is 6.87. The molecule has 5 heteroatoms. The van der Waals surface area contributed by atoms with E-state index in [0.29, 0.717) is 12.6 Å². The molecule has 2 rings (SSSR count). The molecule has 1 atom stereocenters. The Balaban J connectivity index is 1.70. The number of benzene rings is 1. The van der Waals surface area contributed by atoms with Gasteiger partial charge in [-0.05, 0) is 47.4 Å². The highest BCUT2D eigenvalue weighted by molar-refractivity contribution is 9.10. The fourth-order valence-corrected chi connectivity index (χ4v) is 2.33. The van der Waals surface area contributed by atoms with E-state index in [9.17, 15) is 4.79 Å². The number of nitrogens with one attached hydrogen (secondary N) is 2. The smallest absolute Gasteiger partial charge is 0.250 e. The van der Waals surface area contributed by atoms with Gasteiger partial charge < -0.3 is 15.4 Å². The SMILES string of the molecule is O=C(COCC1CCCN1)Nc1ccccc1Br. The number of ether oxygens (including phenoxy) is 1. The Labute approximate surface area is 115 Å². The summed E-state index contributed by atoms with van der Waals surface area (Å²) in [6, 6.07) is 7.92. The first-order valence-corrected chi connectivity index (χ1v) is 6.90. The van der Waals surface area contributed by atoms with Crippen molar-refractivity contribution in [3.63, 3.8) is 0 Å². The first kappa shape index (κ1) is 13.5. The highest BCUT2D eigenvalue weighted by Crippen LogP contribution is 2.20. The van der Waals surface area contributed by atoms with Crippen molar-refractivity contribution in [3.05, 3.63) is 28.7 Å². The lowest BCUT2D eigenvalue weighted by atomic mass is 10.2. The molecule has 1 aromatic rings. The highest BCUT2D eigenvalue weighted by Gasteiger charge is 2.14. The lowest BCUT2D eigenvalue weighted by Crippen LogP contribution is -2.29. The summed E-state index contributed by atoms with van der Waals surface area (Å²) < 4.78 is 6.27. The number of carbonyl (C=O) groups excluding carboxylic acids is 1. The fraction of sp³-hybridized carbons (Fsp3) is 0.462. The molecular formula is C13H17BrN2O2. The first-order valence-electron chi connectivity index (χ1n) is 6.11. The number of hydrogen-bond donors (Lipinski definition) is 2. The summed E-state index contributed by atoms with van der Waals surface area (Å²) >= 11 is 3.38. The third kappa shape index (κ3) is 4.08. The van der Waals surface area contributed by atoms with Crippen molar-refractivity contribution in [2.75, 3.05) is 25.1 Å². The zero-order valence-electron chi connectivity index (χ0n) is 10.1. The maximum Gasteiger partial charge on any atom is 0.250 e. The quantitative estimate of drug-likeness (QED) is 0.876. The predicted octanol–water partition coefficient (Wildman–Crippen LogP) is 2.16. The molecular weight excluding hydrogens is 296 g/mol. The molecule has 1 saturated heterocycles. The molecule has 0 saturated carbocycles. The van der Waals surface area contributed by atoms with E-state index in [4.69, 9.17) is 4.74 Å². The standard InChI is InChI=1S/C13H17BrN2O2/c14-11-5-1-2-6-12(11)16-13(17)9-18-8-10-4-3-7-15-10/h1-2,5-6,10,15H,3-4,7-9H2,(H,16,17). The van der Waals surface area contributed by atoms with Crippen LogP contribution in [0.3, 0.4) is 0 Å². The lowest BCUT2D eigenvalue weighted by Gasteiger charge is -2.11. The average molecular weight is 313 g/mol. The topological polar surface area (TPSA) is 50.4 Å². The van der Waals surface area contributed by atoms with Gasteiger partial charge in [-0.1, -0.05) is 12.1 Å². The molecule has 2 N–H and O–H groups in total. The van der Waals surface area contributed by atoms with Crippen LogP contribution in [0, 0.1) is 0 Å². The molecule has 1 unspecified atom stereocenters. The van der Waals surface area contributed by atoms with E-state index in [1.165, 1.54) is 6.42 Å². The molecule has 0 bridgehead atoms. The van der Waals surface area contributed by atoms with Crippen molar-refractivity contribution >= 4 is 27.5 Å². The largest absolute Gasteiger partial charge is 0.370 e. The molecule has 0 radical (unpaired) electrons. The lowest BCUT2D eigenvalue weighted by molar-refractivity contribution is -0.120. The van der Waals surface area contributed by atoms with E-state index in [2.05, 4.69) is 26.6 Å². The molecule has 1 amide bonds. The van der Waals surface area contributed by atoms with Crippen LogP contribution in [0.25, 0.3) is 0 Å². The predicted molar refractivity (Wildman–Crippen MR) is 74.6 cm³/mol. The Morgan fingerprint density at radius 3 is 3.06 bits per heavy atom. The summed E-state index contributed by atoms with van der Waals surface area (Å²) in [5.74, 6) is -0.125. The number of carbonyl (C=O) groups is 1. The number of hydrogen-bond acceptors (Lipinski definition) is 3. The number of anilines is 1. The number of halogens is 1. The molecule has 1 aliphatic rings. The molecule has 0 spiro atoms. The van der Waals surface area contributed by atoms with Crippen molar-refractivity contribution in [1.29, 1.82) is 0 Å². The maximum absolute atomic E-state index is 11.7. The Kier molecular flexibility index (Phi) is 5.16. The van der Waals surface area contributed by atoms with Crippen LogP contribution in [-0.2, 0) is 9.53 Å². The zero-order chi connectivity index (χ0) is 12.8. The van der Waals surface area contributed by atoms with Gasteiger partial charge >= 0.3 is 0 Å². The van der Waals surface area contributed by atoms with Crippen LogP contribution >= 0.6 is 15.9 Å². The molecule has 18 heavy (non-hydrogen) atoms. The van der Waals surface area contributed by atoms with Crippen LogP contribution < -0.4 is 10.6 Å². The van der Waals surface area contributed by atoms with Gasteiger partial charge in [-0.25, -0.2) is 0 Å². The van der Waals surface area contributed by atoms with Crippen LogP contribution in [0.5, 0.6) is 0 Å². The van der Waals surface area contributed by atoms with Gasteiger partial charge in [0.2, 0.25) is 5.91 Å². The van der Waals surface area contributed by atoms with Crippen LogP contribution in [0.4, 0.5) is 5.69 Å². The van der Waals surface area contributed by atoms with Gasteiger partial charge in [0.15, 0.2) is 0 Å². The molecule has 1 aromatic carbocycles. The fourth-order valence-electron chi connectivity index (χ4n) is 1.94. The Bertz CT molecular complexity index is 406. The monoisotopic (exact) mass is 312 g/mol. The molecule has 4 nitrogen and oxygen atoms in total. The van der Waals surface area contributed by atoms with Crippen molar-refractivity contribution in [3.8, 4) is 0 Å². The minimum atomic E-state index is -0.125. The van der Waals surface area contributed by atoms with Crippen LogP contribution in [0.1, 0.15) is 12.8 Å². The number of para-hydroxylation sites is 1. The van der Waals surface area contributed by atoms with E-state index in [1.807, 2.05) is 24.3 Å². The van der Waals surface area contributed by atoms with E-state index < -0.39 is 0 Å². The second-order valence-electron chi connectivity index (χ2n) is 4.34. The van der Waals surface area contributed by atoms with Gasteiger partial charge in [-0.3, -0.25) is 4.79 Å². The Morgan fingerprint density at radius 1 is 1.50 bits per heavy atom. The molecule has 0 aliphatic carbocycles. The summed E-state index contributed by atoms with van der Waals surface area (Å²) in [6.45, 7) is 1.75. The summed E-state index contributed by atoms with van der Waals surface area (Å²) in [5.41, 5.74) is 0.769. The number of amides is 1. The summed E-state index contributed by atoms with van der Waals surface area (Å²) in [5, 5.41) is 6.13. The van der Waals surface area contributed by atoms with Crippen LogP contribution in [-0.4, -0.2) is 31.7 Å².